The molecular weight excluding hydrogens is 282 g/mol. The number of aromatic nitrogens is 4. The van der Waals surface area contributed by atoms with Crippen molar-refractivity contribution in [3.05, 3.63) is 23.2 Å². The fourth-order valence-corrected chi connectivity index (χ4v) is 3.49. The van der Waals surface area contributed by atoms with Crippen molar-refractivity contribution in [3.8, 4) is 0 Å². The minimum Gasteiger partial charge on any atom is -0.398 e. The topological polar surface area (TPSA) is 69.6 Å². The summed E-state index contributed by atoms with van der Waals surface area (Å²) in [6.45, 7) is 0. The molecule has 1 fully saturated rings. The van der Waals surface area contributed by atoms with Crippen LogP contribution in [0.2, 0.25) is 5.02 Å². The molecule has 1 aliphatic rings. The van der Waals surface area contributed by atoms with Gasteiger partial charge < -0.3 is 5.73 Å². The number of halogens is 1. The smallest absolute Gasteiger partial charge is 0.214 e. The van der Waals surface area contributed by atoms with Crippen LogP contribution in [0.5, 0.6) is 0 Å². The van der Waals surface area contributed by atoms with Crippen LogP contribution in [0.3, 0.4) is 0 Å². The number of rotatable bonds is 3. The van der Waals surface area contributed by atoms with Crippen LogP contribution in [0, 0.1) is 0 Å². The molecule has 1 saturated carbocycles. The van der Waals surface area contributed by atoms with Gasteiger partial charge >= 0.3 is 0 Å². The number of hydrogen-bond acceptors (Lipinski definition) is 5. The van der Waals surface area contributed by atoms with Crippen LogP contribution in [0.25, 0.3) is 0 Å². The third-order valence-electron chi connectivity index (χ3n) is 3.31. The van der Waals surface area contributed by atoms with Gasteiger partial charge in [-0.15, -0.1) is 5.10 Å². The lowest BCUT2D eigenvalue weighted by Crippen LogP contribution is -2.08. The van der Waals surface area contributed by atoms with Crippen molar-refractivity contribution in [2.45, 2.75) is 41.8 Å². The summed E-state index contributed by atoms with van der Waals surface area (Å²) < 4.78 is 1.91. The Kier molecular flexibility index (Phi) is 3.61. The normalized spacial score (nSPS) is 16.1. The molecule has 1 heterocycles. The molecule has 0 saturated heterocycles. The van der Waals surface area contributed by atoms with Gasteiger partial charge in [-0.25, -0.2) is 4.68 Å². The highest BCUT2D eigenvalue weighted by Gasteiger charge is 2.22. The highest BCUT2D eigenvalue weighted by atomic mass is 35.5. The minimum absolute atomic E-state index is 0.415. The van der Waals surface area contributed by atoms with Crippen LogP contribution < -0.4 is 5.73 Å². The molecule has 0 bridgehead atoms. The average Bonchev–Trinajstić information content (AvgIpc) is 3.03. The van der Waals surface area contributed by atoms with E-state index in [-0.39, 0.29) is 0 Å². The van der Waals surface area contributed by atoms with Crippen LogP contribution >= 0.6 is 23.4 Å². The van der Waals surface area contributed by atoms with Gasteiger partial charge in [0.15, 0.2) is 0 Å². The lowest BCUT2D eigenvalue weighted by Gasteiger charge is -2.11. The molecule has 3 rings (SSSR count). The van der Waals surface area contributed by atoms with Crippen LogP contribution in [0.15, 0.2) is 28.3 Å². The van der Waals surface area contributed by atoms with Crippen molar-refractivity contribution in [1.29, 1.82) is 0 Å². The molecule has 100 valence electrons. The van der Waals surface area contributed by atoms with Crippen molar-refractivity contribution in [3.63, 3.8) is 0 Å². The zero-order chi connectivity index (χ0) is 13.2. The molecule has 1 aromatic heterocycles. The van der Waals surface area contributed by atoms with E-state index in [0.29, 0.717) is 16.8 Å². The zero-order valence-electron chi connectivity index (χ0n) is 10.3. The number of nitrogens with two attached hydrogens (primary N) is 1. The lowest BCUT2D eigenvalue weighted by molar-refractivity contribution is 0.423. The molecule has 0 radical (unpaired) electrons. The molecule has 7 heteroatoms. The predicted molar refractivity (Wildman–Crippen MR) is 75.3 cm³/mol. The summed E-state index contributed by atoms with van der Waals surface area (Å²) in [4.78, 5) is 0.890. The van der Waals surface area contributed by atoms with Crippen LogP contribution in [0.4, 0.5) is 5.69 Å². The zero-order valence-corrected chi connectivity index (χ0v) is 11.9. The van der Waals surface area contributed by atoms with Gasteiger partial charge in [0.1, 0.15) is 0 Å². The Morgan fingerprint density at radius 2 is 2.11 bits per heavy atom. The summed E-state index contributed by atoms with van der Waals surface area (Å²) in [6, 6.07) is 5.84. The molecule has 2 N–H and O–H groups in total. The van der Waals surface area contributed by atoms with E-state index in [1.165, 1.54) is 24.6 Å². The Morgan fingerprint density at radius 3 is 2.89 bits per heavy atom. The Bertz CT molecular complexity index is 579. The SMILES string of the molecule is Nc1ccc(Cl)cc1Sc1nnnn1C1CCCC1. The van der Waals surface area contributed by atoms with Crippen LogP contribution in [0.1, 0.15) is 31.7 Å². The maximum Gasteiger partial charge on any atom is 0.214 e. The summed E-state index contributed by atoms with van der Waals surface area (Å²) in [5.74, 6) is 0. The van der Waals surface area contributed by atoms with E-state index in [0.717, 1.165) is 22.9 Å². The van der Waals surface area contributed by atoms with E-state index in [4.69, 9.17) is 17.3 Å². The number of anilines is 1. The fraction of sp³-hybridized carbons (Fsp3) is 0.417. The summed E-state index contributed by atoms with van der Waals surface area (Å²) >= 11 is 7.46. The molecule has 0 unspecified atom stereocenters. The molecular formula is C12H14ClN5S. The second-order valence-electron chi connectivity index (χ2n) is 4.63. The van der Waals surface area contributed by atoms with Crippen LogP contribution in [-0.4, -0.2) is 20.2 Å². The van der Waals surface area contributed by atoms with Crippen molar-refractivity contribution in [1.82, 2.24) is 20.2 Å². The summed E-state index contributed by atoms with van der Waals surface area (Å²) in [6.07, 6.45) is 4.77. The monoisotopic (exact) mass is 295 g/mol. The predicted octanol–water partition coefficient (Wildman–Crippen LogP) is 3.18. The third kappa shape index (κ3) is 2.69. The van der Waals surface area contributed by atoms with E-state index >= 15 is 0 Å². The molecule has 2 aromatic rings. The van der Waals surface area contributed by atoms with Gasteiger partial charge in [0.05, 0.1) is 6.04 Å². The Hall–Kier alpha value is -1.27. The number of hydrogen-bond donors (Lipinski definition) is 1. The molecule has 0 spiro atoms. The van der Waals surface area contributed by atoms with Gasteiger partial charge in [-0.05, 0) is 53.2 Å². The van der Waals surface area contributed by atoms with Gasteiger partial charge in [-0.3, -0.25) is 0 Å². The maximum atomic E-state index is 6.00. The summed E-state index contributed by atoms with van der Waals surface area (Å²) in [5.41, 5.74) is 6.64. The first-order valence-corrected chi connectivity index (χ1v) is 7.44. The quantitative estimate of drug-likeness (QED) is 0.881. The fourth-order valence-electron chi connectivity index (χ4n) is 2.33. The van der Waals surface area contributed by atoms with Gasteiger partial charge in [-0.2, -0.15) is 0 Å². The van der Waals surface area contributed by atoms with Gasteiger partial charge in [0.25, 0.3) is 0 Å². The van der Waals surface area contributed by atoms with Crippen molar-refractivity contribution in [2.24, 2.45) is 0 Å². The highest BCUT2D eigenvalue weighted by Crippen LogP contribution is 2.36. The largest absolute Gasteiger partial charge is 0.398 e. The minimum atomic E-state index is 0.415. The molecule has 1 aliphatic carbocycles. The Labute approximate surface area is 120 Å². The molecule has 19 heavy (non-hydrogen) atoms. The van der Waals surface area contributed by atoms with Gasteiger partial charge in [0.2, 0.25) is 5.16 Å². The summed E-state index contributed by atoms with van der Waals surface area (Å²) in [7, 11) is 0. The standard InChI is InChI=1S/C12H14ClN5S/c13-8-5-6-10(14)11(7-8)19-12-15-16-17-18(12)9-3-1-2-4-9/h5-7,9H,1-4,14H2. The first-order chi connectivity index (χ1) is 9.24. The average molecular weight is 296 g/mol. The van der Waals surface area contributed by atoms with E-state index < -0.39 is 0 Å². The summed E-state index contributed by atoms with van der Waals surface area (Å²) in [5, 5.41) is 13.4. The second kappa shape index (κ2) is 5.38. The van der Waals surface area contributed by atoms with E-state index in [9.17, 15) is 0 Å². The molecule has 0 atom stereocenters. The van der Waals surface area contributed by atoms with Crippen molar-refractivity contribution >= 4 is 29.1 Å². The van der Waals surface area contributed by atoms with Crippen molar-refractivity contribution in [2.75, 3.05) is 5.73 Å². The lowest BCUT2D eigenvalue weighted by atomic mass is 10.3. The van der Waals surface area contributed by atoms with Gasteiger partial charge in [-0.1, -0.05) is 24.4 Å². The Balaban J connectivity index is 1.87. The first-order valence-electron chi connectivity index (χ1n) is 6.25. The second-order valence-corrected chi connectivity index (χ2v) is 6.07. The number of tetrazole rings is 1. The molecule has 0 aliphatic heterocycles. The number of nitrogen functional groups attached to an aromatic ring is 1. The number of benzene rings is 1. The molecule has 5 nitrogen and oxygen atoms in total. The van der Waals surface area contributed by atoms with E-state index in [1.807, 2.05) is 10.7 Å². The van der Waals surface area contributed by atoms with E-state index in [2.05, 4.69) is 15.5 Å². The molecule has 1 aromatic carbocycles. The first kappa shape index (κ1) is 12.7. The number of nitrogens with zero attached hydrogens (tertiary/aromatic N) is 4. The van der Waals surface area contributed by atoms with Crippen molar-refractivity contribution < 1.29 is 0 Å². The highest BCUT2D eigenvalue weighted by molar-refractivity contribution is 7.99. The van der Waals surface area contributed by atoms with E-state index in [1.54, 1.807) is 12.1 Å². The van der Waals surface area contributed by atoms with Gasteiger partial charge in [0, 0.05) is 15.6 Å². The third-order valence-corrected chi connectivity index (χ3v) is 4.57. The maximum absolute atomic E-state index is 6.00. The molecule has 0 amide bonds. The Morgan fingerprint density at radius 1 is 1.32 bits per heavy atom. The van der Waals surface area contributed by atoms with Crippen LogP contribution in [-0.2, 0) is 0 Å².